The van der Waals surface area contributed by atoms with Crippen LogP contribution in [0.15, 0.2) is 47.6 Å². The number of methoxy groups -OCH3 is 1. The Morgan fingerprint density at radius 1 is 1.34 bits per heavy atom. The number of esters is 1. The summed E-state index contributed by atoms with van der Waals surface area (Å²) in [5.41, 5.74) is 9.67. The Morgan fingerprint density at radius 2 is 2.10 bits per heavy atom. The van der Waals surface area contributed by atoms with Gasteiger partial charge in [-0.05, 0) is 37.3 Å². The topological polar surface area (TPSA) is 103 Å². The van der Waals surface area contributed by atoms with E-state index in [1.807, 2.05) is 56.3 Å². The van der Waals surface area contributed by atoms with E-state index in [1.54, 1.807) is 0 Å². The lowest BCUT2D eigenvalue weighted by atomic mass is 10.00. The van der Waals surface area contributed by atoms with Gasteiger partial charge in [0.15, 0.2) is 5.79 Å². The Labute approximate surface area is 171 Å². The van der Waals surface area contributed by atoms with Crippen LogP contribution in [0.4, 0.5) is 0 Å². The number of hydrogen-bond acceptors (Lipinski definition) is 6. The van der Waals surface area contributed by atoms with Gasteiger partial charge in [0.1, 0.15) is 6.10 Å². The fraction of sp³-hybridized carbons (Fsp3) is 0.571. The standard InChI is InChI=1S/C21H29N3O5/c1-21(2)28-18(19(29-21)14-23-24-22)10-9-16(13-20(25)26-3)11-12-27-15-17-7-5-4-6-8-17/h4-10,16,18-19H,11-15H2,1-3H3/b10-9+. The molecule has 1 heterocycles. The molecule has 1 fully saturated rings. The first-order chi connectivity index (χ1) is 13.9. The third-order valence-corrected chi connectivity index (χ3v) is 4.52. The number of hydrogen-bond donors (Lipinski definition) is 0. The molecule has 0 bridgehead atoms. The molecule has 1 aliphatic rings. The molecule has 0 aromatic heterocycles. The van der Waals surface area contributed by atoms with Gasteiger partial charge in [-0.2, -0.15) is 0 Å². The minimum Gasteiger partial charge on any atom is -0.469 e. The predicted molar refractivity (Wildman–Crippen MR) is 108 cm³/mol. The fourth-order valence-corrected chi connectivity index (χ4v) is 3.11. The van der Waals surface area contributed by atoms with Crippen molar-refractivity contribution in [2.24, 2.45) is 11.0 Å². The first-order valence-corrected chi connectivity index (χ1v) is 9.67. The van der Waals surface area contributed by atoms with Crippen LogP contribution in [-0.2, 0) is 30.3 Å². The van der Waals surface area contributed by atoms with Crippen molar-refractivity contribution in [1.29, 1.82) is 0 Å². The van der Waals surface area contributed by atoms with Crippen LogP contribution < -0.4 is 0 Å². The second-order valence-electron chi connectivity index (χ2n) is 7.30. The quantitative estimate of drug-likeness (QED) is 0.138. The maximum absolute atomic E-state index is 11.8. The summed E-state index contributed by atoms with van der Waals surface area (Å²) < 4.78 is 22.2. The normalized spacial score (nSPS) is 21.6. The summed E-state index contributed by atoms with van der Waals surface area (Å²) in [4.78, 5) is 14.6. The maximum atomic E-state index is 11.8. The van der Waals surface area contributed by atoms with Gasteiger partial charge in [0.2, 0.25) is 0 Å². The number of ether oxygens (including phenoxy) is 4. The van der Waals surface area contributed by atoms with Crippen molar-refractivity contribution < 1.29 is 23.7 Å². The van der Waals surface area contributed by atoms with Gasteiger partial charge in [-0.15, -0.1) is 0 Å². The van der Waals surface area contributed by atoms with Crippen LogP contribution in [0.3, 0.4) is 0 Å². The van der Waals surface area contributed by atoms with Crippen molar-refractivity contribution >= 4 is 5.97 Å². The van der Waals surface area contributed by atoms with Crippen molar-refractivity contribution in [3.63, 3.8) is 0 Å². The summed E-state index contributed by atoms with van der Waals surface area (Å²) in [6.45, 7) is 4.84. The van der Waals surface area contributed by atoms with Crippen LogP contribution in [0.5, 0.6) is 0 Å². The van der Waals surface area contributed by atoms with Crippen molar-refractivity contribution in [2.75, 3.05) is 20.3 Å². The van der Waals surface area contributed by atoms with Crippen molar-refractivity contribution in [1.82, 2.24) is 0 Å². The lowest BCUT2D eigenvalue weighted by molar-refractivity contribution is -0.142. The lowest BCUT2D eigenvalue weighted by Gasteiger charge is -2.16. The number of carbonyl (C=O) groups excluding carboxylic acids is 1. The number of benzene rings is 1. The first kappa shape index (κ1) is 22.9. The van der Waals surface area contributed by atoms with Gasteiger partial charge in [-0.1, -0.05) is 47.6 Å². The molecule has 0 aliphatic carbocycles. The van der Waals surface area contributed by atoms with Crippen LogP contribution in [-0.4, -0.2) is 44.2 Å². The van der Waals surface area contributed by atoms with Crippen molar-refractivity contribution in [3.05, 3.63) is 58.5 Å². The minimum atomic E-state index is -0.763. The summed E-state index contributed by atoms with van der Waals surface area (Å²) in [5.74, 6) is -1.11. The number of carbonyl (C=O) groups is 1. The van der Waals surface area contributed by atoms with Gasteiger partial charge in [-0.3, -0.25) is 4.79 Å². The smallest absolute Gasteiger partial charge is 0.306 e. The van der Waals surface area contributed by atoms with Crippen LogP contribution in [0.1, 0.15) is 32.3 Å². The molecular weight excluding hydrogens is 374 g/mol. The lowest BCUT2D eigenvalue weighted by Crippen LogP contribution is -2.24. The molecule has 3 atom stereocenters. The second-order valence-corrected chi connectivity index (χ2v) is 7.30. The van der Waals surface area contributed by atoms with Gasteiger partial charge in [0.05, 0.1) is 32.8 Å². The molecule has 158 valence electrons. The molecule has 0 radical (unpaired) electrons. The summed E-state index contributed by atoms with van der Waals surface area (Å²) in [5, 5.41) is 3.60. The van der Waals surface area contributed by atoms with Gasteiger partial charge >= 0.3 is 5.97 Å². The van der Waals surface area contributed by atoms with Crippen LogP contribution in [0.25, 0.3) is 10.4 Å². The molecule has 8 heteroatoms. The van der Waals surface area contributed by atoms with Crippen molar-refractivity contribution in [3.8, 4) is 0 Å². The summed E-state index contributed by atoms with van der Waals surface area (Å²) in [7, 11) is 1.38. The molecular formula is C21H29N3O5. The van der Waals surface area contributed by atoms with E-state index in [1.165, 1.54) is 7.11 Å². The number of azide groups is 1. The van der Waals surface area contributed by atoms with E-state index in [0.29, 0.717) is 19.6 Å². The van der Waals surface area contributed by atoms with Crippen LogP contribution in [0, 0.1) is 5.92 Å². The molecule has 3 unspecified atom stereocenters. The highest BCUT2D eigenvalue weighted by atomic mass is 16.7. The highest BCUT2D eigenvalue weighted by Crippen LogP contribution is 2.29. The van der Waals surface area contributed by atoms with Gasteiger partial charge < -0.3 is 18.9 Å². The summed E-state index contributed by atoms with van der Waals surface area (Å²) in [6, 6.07) is 9.93. The van der Waals surface area contributed by atoms with E-state index >= 15 is 0 Å². The molecule has 29 heavy (non-hydrogen) atoms. The molecule has 0 N–H and O–H groups in total. The molecule has 0 amide bonds. The predicted octanol–water partition coefficient (Wildman–Crippen LogP) is 4.16. The minimum absolute atomic E-state index is 0.0642. The van der Waals surface area contributed by atoms with E-state index in [0.717, 1.165) is 5.56 Å². The maximum Gasteiger partial charge on any atom is 0.306 e. The molecule has 8 nitrogen and oxygen atoms in total. The average Bonchev–Trinajstić information content (AvgIpc) is 3.01. The monoisotopic (exact) mass is 403 g/mol. The number of allylic oxidation sites excluding steroid dienone is 1. The van der Waals surface area contributed by atoms with E-state index in [9.17, 15) is 4.79 Å². The van der Waals surface area contributed by atoms with Gasteiger partial charge in [0.25, 0.3) is 0 Å². The second kappa shape index (κ2) is 11.6. The largest absolute Gasteiger partial charge is 0.469 e. The Morgan fingerprint density at radius 3 is 2.79 bits per heavy atom. The molecule has 1 aromatic rings. The molecule has 1 saturated heterocycles. The molecule has 1 aliphatic heterocycles. The molecule has 0 saturated carbocycles. The zero-order valence-electron chi connectivity index (χ0n) is 17.2. The first-order valence-electron chi connectivity index (χ1n) is 9.67. The number of nitrogens with zero attached hydrogens (tertiary/aromatic N) is 3. The number of rotatable bonds is 11. The van der Waals surface area contributed by atoms with E-state index in [2.05, 4.69) is 10.0 Å². The van der Waals surface area contributed by atoms with Crippen LogP contribution >= 0.6 is 0 Å². The molecule has 1 aromatic carbocycles. The highest BCUT2D eigenvalue weighted by Gasteiger charge is 2.39. The molecule has 2 rings (SSSR count). The molecule has 0 spiro atoms. The average molecular weight is 403 g/mol. The van der Waals surface area contributed by atoms with E-state index < -0.39 is 5.79 Å². The zero-order chi connectivity index (χ0) is 21.1. The van der Waals surface area contributed by atoms with Gasteiger partial charge in [0, 0.05) is 11.5 Å². The SMILES string of the molecule is COC(=O)CC(/C=C/C1OC(C)(C)OC1CN=[N+]=[N-])CCOCc1ccccc1. The van der Waals surface area contributed by atoms with Crippen molar-refractivity contribution in [2.45, 2.75) is 51.3 Å². The van der Waals surface area contributed by atoms with Gasteiger partial charge in [-0.25, -0.2) is 0 Å². The summed E-state index contributed by atoms with van der Waals surface area (Å²) >= 11 is 0. The third-order valence-electron chi connectivity index (χ3n) is 4.52. The fourth-order valence-electron chi connectivity index (χ4n) is 3.11. The highest BCUT2D eigenvalue weighted by molar-refractivity contribution is 5.69. The Balaban J connectivity index is 1.93. The Kier molecular flexibility index (Phi) is 9.15. The van der Waals surface area contributed by atoms with E-state index in [-0.39, 0.29) is 37.1 Å². The van der Waals surface area contributed by atoms with Crippen LogP contribution in [0.2, 0.25) is 0 Å². The summed E-state index contributed by atoms with van der Waals surface area (Å²) in [6.07, 6.45) is 3.99. The third kappa shape index (κ3) is 8.25. The Hall–Kier alpha value is -2.38. The van der Waals surface area contributed by atoms with E-state index in [4.69, 9.17) is 24.5 Å². The zero-order valence-corrected chi connectivity index (χ0v) is 17.2. The Bertz CT molecular complexity index is 716.